The average molecular weight is 395 g/mol. The molecule has 1 aliphatic carbocycles. The van der Waals surface area contributed by atoms with Gasteiger partial charge in [0.15, 0.2) is 11.5 Å². The van der Waals surface area contributed by atoms with Crippen molar-refractivity contribution in [2.24, 2.45) is 5.73 Å². The van der Waals surface area contributed by atoms with Crippen LogP contribution in [0.4, 0.5) is 0 Å². The Hall–Kier alpha value is -2.58. The maximum absolute atomic E-state index is 9.55. The molecule has 0 heterocycles. The van der Waals surface area contributed by atoms with Crippen LogP contribution in [0.5, 0.6) is 11.5 Å². The van der Waals surface area contributed by atoms with Crippen molar-refractivity contribution in [3.8, 4) is 11.5 Å². The van der Waals surface area contributed by atoms with Crippen molar-refractivity contribution in [3.05, 3.63) is 35.9 Å². The molecule has 0 spiro atoms. The first-order valence-electron chi connectivity index (χ1n) is 9.09. The van der Waals surface area contributed by atoms with Crippen LogP contribution >= 0.6 is 0 Å². The van der Waals surface area contributed by atoms with Crippen LogP contribution in [0.25, 0.3) is 0 Å². The lowest BCUT2D eigenvalue weighted by Gasteiger charge is -2.28. The van der Waals surface area contributed by atoms with E-state index in [1.165, 1.54) is 18.4 Å². The minimum Gasteiger partial charge on any atom is -0.493 e. The van der Waals surface area contributed by atoms with Crippen LogP contribution in [-0.2, 0) is 20.7 Å². The zero-order valence-corrected chi connectivity index (χ0v) is 16.3. The van der Waals surface area contributed by atoms with Crippen molar-refractivity contribution < 1.29 is 34.0 Å². The molecule has 0 radical (unpaired) electrons. The van der Waals surface area contributed by atoms with Gasteiger partial charge in [-0.2, -0.15) is 0 Å². The maximum atomic E-state index is 9.55. The monoisotopic (exact) mass is 395 g/mol. The summed E-state index contributed by atoms with van der Waals surface area (Å²) in [5, 5.41) is 15.6. The Morgan fingerprint density at radius 3 is 2.21 bits per heavy atom. The summed E-state index contributed by atoms with van der Waals surface area (Å²) >= 11 is 0. The average Bonchev–Trinajstić information content (AvgIpc) is 2.68. The van der Waals surface area contributed by atoms with E-state index in [2.05, 4.69) is 0 Å². The molecule has 2 rings (SSSR count). The number of hydrogen-bond donors (Lipinski definition) is 3. The Bertz CT molecular complexity index is 644. The van der Waals surface area contributed by atoms with Gasteiger partial charge in [-0.15, -0.1) is 0 Å². The molecule has 2 atom stereocenters. The van der Waals surface area contributed by atoms with Crippen LogP contribution in [0, 0.1) is 0 Å². The van der Waals surface area contributed by atoms with Gasteiger partial charge in [-0.3, -0.25) is 0 Å². The molecular formula is C20H29NO7. The van der Waals surface area contributed by atoms with E-state index in [0.717, 1.165) is 30.8 Å². The van der Waals surface area contributed by atoms with Crippen molar-refractivity contribution in [2.75, 3.05) is 20.8 Å². The van der Waals surface area contributed by atoms with Gasteiger partial charge in [0, 0.05) is 18.2 Å². The predicted octanol–water partition coefficient (Wildman–Crippen LogP) is 2.24. The number of carboxylic acids is 2. The molecule has 0 saturated heterocycles. The van der Waals surface area contributed by atoms with E-state index in [-0.39, 0.29) is 12.1 Å². The second-order valence-electron chi connectivity index (χ2n) is 6.31. The van der Waals surface area contributed by atoms with Gasteiger partial charge >= 0.3 is 11.9 Å². The fourth-order valence-corrected chi connectivity index (χ4v) is 2.84. The largest absolute Gasteiger partial charge is 0.493 e. The normalized spacial score (nSPS) is 18.8. The molecular weight excluding hydrogens is 366 g/mol. The zero-order chi connectivity index (χ0) is 20.9. The third kappa shape index (κ3) is 8.88. The molecule has 0 aromatic heterocycles. The molecule has 1 aliphatic rings. The topological polar surface area (TPSA) is 128 Å². The van der Waals surface area contributed by atoms with Crippen LogP contribution in [0.15, 0.2) is 30.4 Å². The maximum Gasteiger partial charge on any atom is 0.328 e. The van der Waals surface area contributed by atoms with Crippen LogP contribution in [0.2, 0.25) is 0 Å². The van der Waals surface area contributed by atoms with Crippen LogP contribution < -0.4 is 15.2 Å². The zero-order valence-electron chi connectivity index (χ0n) is 16.3. The second-order valence-corrected chi connectivity index (χ2v) is 6.31. The first-order chi connectivity index (χ1) is 13.4. The van der Waals surface area contributed by atoms with Gasteiger partial charge in [-0.05, 0) is 37.0 Å². The van der Waals surface area contributed by atoms with E-state index in [9.17, 15) is 9.59 Å². The highest BCUT2D eigenvalue weighted by Crippen LogP contribution is 2.28. The number of methoxy groups -OCH3 is 2. The number of aliphatic carboxylic acids is 2. The summed E-state index contributed by atoms with van der Waals surface area (Å²) in [6, 6.07) is 6.18. The summed E-state index contributed by atoms with van der Waals surface area (Å²) in [6.07, 6.45) is 6.84. The van der Waals surface area contributed by atoms with E-state index < -0.39 is 11.9 Å². The fourth-order valence-electron chi connectivity index (χ4n) is 2.84. The van der Waals surface area contributed by atoms with Gasteiger partial charge in [0.2, 0.25) is 0 Å². The Morgan fingerprint density at radius 1 is 1.07 bits per heavy atom. The highest BCUT2D eigenvalue weighted by molar-refractivity contribution is 5.89. The number of carbonyl (C=O) groups is 2. The van der Waals surface area contributed by atoms with Gasteiger partial charge in [0.1, 0.15) is 0 Å². The van der Waals surface area contributed by atoms with Crippen LogP contribution in [0.1, 0.15) is 31.2 Å². The molecule has 2 unspecified atom stereocenters. The molecule has 8 nitrogen and oxygen atoms in total. The molecule has 0 amide bonds. The molecule has 0 bridgehead atoms. The van der Waals surface area contributed by atoms with Crippen LogP contribution in [0.3, 0.4) is 0 Å². The van der Waals surface area contributed by atoms with Crippen molar-refractivity contribution in [3.63, 3.8) is 0 Å². The third-order valence-electron chi connectivity index (χ3n) is 4.29. The van der Waals surface area contributed by atoms with E-state index in [1.54, 1.807) is 14.2 Å². The van der Waals surface area contributed by atoms with Gasteiger partial charge in [0.25, 0.3) is 0 Å². The fraction of sp³-hybridized carbons (Fsp3) is 0.500. The molecule has 8 heteroatoms. The number of ether oxygens (including phenoxy) is 3. The van der Waals surface area contributed by atoms with Gasteiger partial charge in [-0.25, -0.2) is 9.59 Å². The first-order valence-corrected chi connectivity index (χ1v) is 9.09. The summed E-state index contributed by atoms with van der Waals surface area (Å²) in [5.41, 5.74) is 7.27. The standard InChI is InChI=1S/C16H25NO3.C4H4O4/c1-18-15-8-7-12(11-16(15)19-2)9-10-20-14-6-4-3-5-13(14)17;5-3(6)1-2-4(7)8/h7-8,11,13-14H,3-6,9-10,17H2,1-2H3;1-2H,(H,5,6)(H,7,8)/b;2-1-. The van der Waals surface area contributed by atoms with E-state index >= 15 is 0 Å². The predicted molar refractivity (Wildman–Crippen MR) is 104 cm³/mol. The smallest absolute Gasteiger partial charge is 0.328 e. The summed E-state index contributed by atoms with van der Waals surface area (Å²) < 4.78 is 16.5. The summed E-state index contributed by atoms with van der Waals surface area (Å²) in [7, 11) is 3.30. The van der Waals surface area contributed by atoms with Crippen LogP contribution in [-0.4, -0.2) is 55.1 Å². The molecule has 1 fully saturated rings. The van der Waals surface area contributed by atoms with Gasteiger partial charge < -0.3 is 30.2 Å². The molecule has 1 saturated carbocycles. The van der Waals surface area contributed by atoms with Gasteiger partial charge in [0.05, 0.1) is 26.9 Å². The number of benzene rings is 1. The Kier molecular flexibility index (Phi) is 10.7. The first kappa shape index (κ1) is 23.5. The highest BCUT2D eigenvalue weighted by atomic mass is 16.5. The molecule has 156 valence electrons. The Morgan fingerprint density at radius 2 is 1.68 bits per heavy atom. The van der Waals surface area contributed by atoms with Gasteiger partial charge in [-0.1, -0.05) is 18.9 Å². The summed E-state index contributed by atoms with van der Waals surface area (Å²) in [6.45, 7) is 0.702. The Labute approximate surface area is 164 Å². The van der Waals surface area contributed by atoms with Crippen molar-refractivity contribution in [1.29, 1.82) is 0 Å². The van der Waals surface area contributed by atoms with Crippen molar-refractivity contribution in [2.45, 2.75) is 44.2 Å². The van der Waals surface area contributed by atoms with E-state index in [0.29, 0.717) is 18.8 Å². The molecule has 1 aromatic carbocycles. The highest BCUT2D eigenvalue weighted by Gasteiger charge is 2.21. The Balaban J connectivity index is 0.000000416. The number of hydrogen-bond acceptors (Lipinski definition) is 6. The number of nitrogens with two attached hydrogens (primary N) is 1. The lowest BCUT2D eigenvalue weighted by molar-refractivity contribution is -0.134. The van der Waals surface area contributed by atoms with E-state index in [4.69, 9.17) is 30.2 Å². The third-order valence-corrected chi connectivity index (χ3v) is 4.29. The number of carboxylic acid groups (broad SMARTS) is 2. The minimum absolute atomic E-state index is 0.203. The molecule has 28 heavy (non-hydrogen) atoms. The molecule has 0 aliphatic heterocycles. The minimum atomic E-state index is -1.26. The molecule has 1 aromatic rings. The summed E-state index contributed by atoms with van der Waals surface area (Å²) in [5.74, 6) is -0.995. The summed E-state index contributed by atoms with van der Waals surface area (Å²) in [4.78, 5) is 19.1. The molecule has 4 N–H and O–H groups in total. The van der Waals surface area contributed by atoms with Crippen molar-refractivity contribution >= 4 is 11.9 Å². The van der Waals surface area contributed by atoms with Crippen molar-refractivity contribution in [1.82, 2.24) is 0 Å². The SMILES string of the molecule is COc1ccc(CCOC2CCCCC2N)cc1OC.O=C(O)/C=C\C(=O)O. The second kappa shape index (κ2) is 12.7. The lowest BCUT2D eigenvalue weighted by Crippen LogP contribution is -2.39. The van der Waals surface area contributed by atoms with E-state index in [1.807, 2.05) is 18.2 Å². The lowest BCUT2D eigenvalue weighted by atomic mass is 9.93. The quantitative estimate of drug-likeness (QED) is 0.572. The number of rotatable bonds is 8.